The highest BCUT2D eigenvalue weighted by atomic mass is 32.1. The molecule has 0 aliphatic rings. The van der Waals surface area contributed by atoms with Gasteiger partial charge in [0.1, 0.15) is 0 Å². The van der Waals surface area contributed by atoms with Crippen molar-refractivity contribution in [2.24, 2.45) is 0 Å². The molecule has 0 aliphatic heterocycles. The Morgan fingerprint density at radius 1 is 1.15 bits per heavy atom. The standard InChI is InChI=1S/C15H15N3OS/c1-11(13-8-5-9-20-13)16-10-14-17-18-15(19-14)12-6-3-2-4-7-12/h2-9,11,16H,10H2,1H3/t11-/m1/s1. The van der Waals surface area contributed by atoms with Gasteiger partial charge < -0.3 is 9.73 Å². The number of rotatable bonds is 5. The Morgan fingerprint density at radius 2 is 2.00 bits per heavy atom. The van der Waals surface area contributed by atoms with E-state index in [9.17, 15) is 0 Å². The molecule has 2 aromatic heterocycles. The number of aromatic nitrogens is 2. The lowest BCUT2D eigenvalue weighted by molar-refractivity contribution is 0.456. The van der Waals surface area contributed by atoms with Crippen LogP contribution in [0.4, 0.5) is 0 Å². The molecule has 20 heavy (non-hydrogen) atoms. The number of nitrogens with one attached hydrogen (secondary N) is 1. The van der Waals surface area contributed by atoms with Crippen LogP contribution in [0.5, 0.6) is 0 Å². The number of benzene rings is 1. The monoisotopic (exact) mass is 285 g/mol. The van der Waals surface area contributed by atoms with Crippen LogP contribution in [0.1, 0.15) is 23.7 Å². The molecule has 0 saturated heterocycles. The lowest BCUT2D eigenvalue weighted by Crippen LogP contribution is -2.17. The predicted octanol–water partition coefficient (Wildman–Crippen LogP) is 3.65. The number of hydrogen-bond acceptors (Lipinski definition) is 5. The first-order valence-electron chi connectivity index (χ1n) is 6.47. The second-order valence-corrected chi connectivity index (χ2v) is 5.46. The SMILES string of the molecule is C[C@@H](NCc1nnc(-c2ccccc2)o1)c1cccs1. The van der Waals surface area contributed by atoms with Gasteiger partial charge in [0, 0.05) is 16.5 Å². The number of thiophene rings is 1. The Hall–Kier alpha value is -1.98. The zero-order chi connectivity index (χ0) is 13.8. The van der Waals surface area contributed by atoms with Crippen LogP contribution >= 0.6 is 11.3 Å². The highest BCUT2D eigenvalue weighted by Gasteiger charge is 2.10. The third-order valence-corrected chi connectivity index (χ3v) is 4.07. The first-order valence-corrected chi connectivity index (χ1v) is 7.35. The first-order chi connectivity index (χ1) is 9.83. The molecule has 1 aromatic carbocycles. The van der Waals surface area contributed by atoms with E-state index in [2.05, 4.69) is 40.0 Å². The van der Waals surface area contributed by atoms with Crippen molar-refractivity contribution < 1.29 is 4.42 Å². The van der Waals surface area contributed by atoms with Gasteiger partial charge in [-0.2, -0.15) is 0 Å². The van der Waals surface area contributed by atoms with Crippen molar-refractivity contribution >= 4 is 11.3 Å². The zero-order valence-corrected chi connectivity index (χ0v) is 11.9. The average molecular weight is 285 g/mol. The summed E-state index contributed by atoms with van der Waals surface area (Å²) < 4.78 is 5.66. The number of nitrogens with zero attached hydrogens (tertiary/aromatic N) is 2. The van der Waals surface area contributed by atoms with Crippen LogP contribution in [0.2, 0.25) is 0 Å². The molecule has 0 fully saturated rings. The second-order valence-electron chi connectivity index (χ2n) is 4.48. The highest BCUT2D eigenvalue weighted by molar-refractivity contribution is 7.10. The fourth-order valence-corrected chi connectivity index (χ4v) is 2.66. The van der Waals surface area contributed by atoms with Crippen LogP contribution in [-0.4, -0.2) is 10.2 Å². The summed E-state index contributed by atoms with van der Waals surface area (Å²) in [7, 11) is 0. The van der Waals surface area contributed by atoms with E-state index in [1.54, 1.807) is 11.3 Å². The van der Waals surface area contributed by atoms with E-state index in [0.717, 1.165) is 5.56 Å². The van der Waals surface area contributed by atoms with Gasteiger partial charge >= 0.3 is 0 Å². The largest absolute Gasteiger partial charge is 0.419 e. The van der Waals surface area contributed by atoms with Gasteiger partial charge in [-0.1, -0.05) is 24.3 Å². The molecule has 0 saturated carbocycles. The maximum atomic E-state index is 5.66. The minimum atomic E-state index is 0.280. The topological polar surface area (TPSA) is 51.0 Å². The summed E-state index contributed by atoms with van der Waals surface area (Å²) in [5.74, 6) is 1.17. The molecule has 5 heteroatoms. The summed E-state index contributed by atoms with van der Waals surface area (Å²) in [6.07, 6.45) is 0. The molecular formula is C15H15N3OS. The van der Waals surface area contributed by atoms with Gasteiger partial charge in [-0.05, 0) is 30.5 Å². The zero-order valence-electron chi connectivity index (χ0n) is 11.1. The van der Waals surface area contributed by atoms with Crippen molar-refractivity contribution in [3.05, 3.63) is 58.6 Å². The van der Waals surface area contributed by atoms with Crippen molar-refractivity contribution in [2.45, 2.75) is 19.5 Å². The van der Waals surface area contributed by atoms with Crippen LogP contribution < -0.4 is 5.32 Å². The van der Waals surface area contributed by atoms with E-state index in [-0.39, 0.29) is 6.04 Å². The Balaban J connectivity index is 1.63. The molecule has 2 heterocycles. The summed E-state index contributed by atoms with van der Waals surface area (Å²) in [5.41, 5.74) is 0.942. The van der Waals surface area contributed by atoms with Gasteiger partial charge in [-0.25, -0.2) is 0 Å². The van der Waals surface area contributed by atoms with Crippen molar-refractivity contribution in [1.82, 2.24) is 15.5 Å². The normalized spacial score (nSPS) is 12.4. The molecule has 102 valence electrons. The van der Waals surface area contributed by atoms with Gasteiger partial charge in [0.05, 0.1) is 6.54 Å². The Morgan fingerprint density at radius 3 is 2.75 bits per heavy atom. The van der Waals surface area contributed by atoms with Crippen LogP contribution in [0.15, 0.2) is 52.3 Å². The molecule has 0 spiro atoms. The van der Waals surface area contributed by atoms with Crippen molar-refractivity contribution in [2.75, 3.05) is 0 Å². The Bertz CT molecular complexity index is 649. The smallest absolute Gasteiger partial charge is 0.247 e. The van der Waals surface area contributed by atoms with E-state index >= 15 is 0 Å². The lowest BCUT2D eigenvalue weighted by atomic mass is 10.2. The molecule has 1 atom stereocenters. The van der Waals surface area contributed by atoms with Crippen molar-refractivity contribution in [3.63, 3.8) is 0 Å². The lowest BCUT2D eigenvalue weighted by Gasteiger charge is -2.09. The Labute approximate surface area is 121 Å². The minimum absolute atomic E-state index is 0.280. The predicted molar refractivity (Wildman–Crippen MR) is 79.3 cm³/mol. The van der Waals surface area contributed by atoms with E-state index in [0.29, 0.717) is 18.3 Å². The fourth-order valence-electron chi connectivity index (χ4n) is 1.90. The molecule has 0 aliphatic carbocycles. The summed E-state index contributed by atoms with van der Waals surface area (Å²) >= 11 is 1.74. The van der Waals surface area contributed by atoms with Gasteiger partial charge in [-0.15, -0.1) is 21.5 Å². The summed E-state index contributed by atoms with van der Waals surface area (Å²) in [6, 6.07) is 14.2. The molecule has 0 bridgehead atoms. The summed E-state index contributed by atoms with van der Waals surface area (Å²) in [4.78, 5) is 1.30. The van der Waals surface area contributed by atoms with Gasteiger partial charge in [0.15, 0.2) is 0 Å². The minimum Gasteiger partial charge on any atom is -0.419 e. The van der Waals surface area contributed by atoms with Gasteiger partial charge in [0.25, 0.3) is 0 Å². The van der Waals surface area contributed by atoms with Crippen LogP contribution in [-0.2, 0) is 6.54 Å². The highest BCUT2D eigenvalue weighted by Crippen LogP contribution is 2.20. The average Bonchev–Trinajstić information content (AvgIpc) is 3.17. The molecule has 0 amide bonds. The molecule has 3 aromatic rings. The molecule has 0 radical (unpaired) electrons. The maximum absolute atomic E-state index is 5.66. The van der Waals surface area contributed by atoms with Crippen LogP contribution in [0.25, 0.3) is 11.5 Å². The third kappa shape index (κ3) is 2.95. The summed E-state index contributed by atoms with van der Waals surface area (Å²) in [5, 5.41) is 13.6. The van der Waals surface area contributed by atoms with Gasteiger partial charge in [-0.3, -0.25) is 0 Å². The van der Waals surface area contributed by atoms with Gasteiger partial charge in [0.2, 0.25) is 11.8 Å². The fraction of sp³-hybridized carbons (Fsp3) is 0.200. The molecule has 1 N–H and O–H groups in total. The quantitative estimate of drug-likeness (QED) is 0.777. The molecule has 4 nitrogen and oxygen atoms in total. The Kier molecular flexibility index (Phi) is 3.90. The second kappa shape index (κ2) is 5.98. The van der Waals surface area contributed by atoms with Crippen LogP contribution in [0.3, 0.4) is 0 Å². The van der Waals surface area contributed by atoms with E-state index in [1.165, 1.54) is 4.88 Å². The third-order valence-electron chi connectivity index (χ3n) is 3.02. The van der Waals surface area contributed by atoms with Crippen molar-refractivity contribution in [1.29, 1.82) is 0 Å². The molecule has 3 rings (SSSR count). The molecular weight excluding hydrogens is 270 g/mol. The van der Waals surface area contributed by atoms with E-state index < -0.39 is 0 Å². The summed E-state index contributed by atoms with van der Waals surface area (Å²) in [6.45, 7) is 2.69. The number of hydrogen-bond donors (Lipinski definition) is 1. The maximum Gasteiger partial charge on any atom is 0.247 e. The van der Waals surface area contributed by atoms with Crippen LogP contribution in [0, 0.1) is 0 Å². The first kappa shape index (κ1) is 13.0. The van der Waals surface area contributed by atoms with E-state index in [1.807, 2.05) is 30.3 Å². The van der Waals surface area contributed by atoms with Crippen molar-refractivity contribution in [3.8, 4) is 11.5 Å². The van der Waals surface area contributed by atoms with E-state index in [4.69, 9.17) is 4.42 Å². The molecule has 0 unspecified atom stereocenters.